The van der Waals surface area contributed by atoms with Crippen LogP contribution < -0.4 is 14.9 Å². The van der Waals surface area contributed by atoms with Crippen molar-refractivity contribution in [1.29, 1.82) is 0 Å². The third-order valence-corrected chi connectivity index (χ3v) is 5.00. The largest absolute Gasteiger partial charge is 0.496 e. The molecule has 0 saturated heterocycles. The Morgan fingerprint density at radius 3 is 2.78 bits per heavy atom. The van der Waals surface area contributed by atoms with Crippen molar-refractivity contribution in [3.05, 3.63) is 57.9 Å². The first kappa shape index (κ1) is 17.6. The van der Waals surface area contributed by atoms with Crippen molar-refractivity contribution in [2.24, 2.45) is 0 Å². The van der Waals surface area contributed by atoms with Crippen LogP contribution in [-0.2, 0) is 6.54 Å². The molecule has 0 N–H and O–H groups in total. The number of aryl methyl sites for hydroxylation is 1. The fourth-order valence-corrected chi connectivity index (χ4v) is 3.74. The molecule has 0 unspecified atom stereocenters. The highest BCUT2D eigenvalue weighted by molar-refractivity contribution is 5.87. The highest BCUT2D eigenvalue weighted by Gasteiger charge is 2.24. The van der Waals surface area contributed by atoms with E-state index in [-0.39, 0.29) is 5.43 Å². The molecule has 0 fully saturated rings. The Bertz CT molecular complexity index is 1050. The van der Waals surface area contributed by atoms with Crippen LogP contribution in [0.1, 0.15) is 24.7 Å². The average molecular weight is 365 g/mol. The van der Waals surface area contributed by atoms with Gasteiger partial charge >= 0.3 is 0 Å². The molecule has 3 aromatic rings. The number of fused-ring (bicyclic) bond motifs is 3. The van der Waals surface area contributed by atoms with Gasteiger partial charge in [0.2, 0.25) is 5.43 Å². The van der Waals surface area contributed by atoms with Crippen molar-refractivity contribution >= 4 is 11.0 Å². The van der Waals surface area contributed by atoms with E-state index in [4.69, 9.17) is 13.9 Å². The molecular weight excluding hydrogens is 342 g/mol. The van der Waals surface area contributed by atoms with Gasteiger partial charge in [-0.1, -0.05) is 25.1 Å². The lowest BCUT2D eigenvalue weighted by Crippen LogP contribution is -2.32. The van der Waals surface area contributed by atoms with E-state index in [9.17, 15) is 4.79 Å². The standard InChI is InChI=1S/C22H23NO4/c1-4-11-23-12-17-19(26-13-23)10-9-16-21(24)20(14(2)27-22(16)17)15-7-5-6-8-18(15)25-3/h5-10H,4,11-13H2,1-3H3. The zero-order chi connectivity index (χ0) is 19.0. The topological polar surface area (TPSA) is 51.9 Å². The van der Waals surface area contributed by atoms with Crippen molar-refractivity contribution in [3.8, 4) is 22.6 Å². The first-order chi connectivity index (χ1) is 13.1. The number of methoxy groups -OCH3 is 1. The van der Waals surface area contributed by atoms with Crippen LogP contribution in [0.25, 0.3) is 22.1 Å². The van der Waals surface area contributed by atoms with Gasteiger partial charge in [0.05, 0.1) is 23.6 Å². The first-order valence-electron chi connectivity index (χ1n) is 9.21. The Hall–Kier alpha value is -2.79. The molecule has 1 aromatic heterocycles. The number of hydrogen-bond donors (Lipinski definition) is 0. The van der Waals surface area contributed by atoms with Gasteiger partial charge in [-0.3, -0.25) is 9.69 Å². The van der Waals surface area contributed by atoms with Crippen LogP contribution in [0.5, 0.6) is 11.5 Å². The highest BCUT2D eigenvalue weighted by Crippen LogP contribution is 2.35. The molecule has 0 spiro atoms. The van der Waals surface area contributed by atoms with Gasteiger partial charge in [-0.2, -0.15) is 0 Å². The van der Waals surface area contributed by atoms with Gasteiger partial charge < -0.3 is 13.9 Å². The number of nitrogens with zero attached hydrogens (tertiary/aromatic N) is 1. The summed E-state index contributed by atoms with van der Waals surface area (Å²) >= 11 is 0. The van der Waals surface area contributed by atoms with Crippen LogP contribution in [0.15, 0.2) is 45.6 Å². The lowest BCUT2D eigenvalue weighted by Gasteiger charge is -2.29. The summed E-state index contributed by atoms with van der Waals surface area (Å²) in [6.07, 6.45) is 1.05. The molecule has 1 aliphatic rings. The third-order valence-electron chi connectivity index (χ3n) is 5.00. The van der Waals surface area contributed by atoms with E-state index in [0.29, 0.717) is 34.8 Å². The summed E-state index contributed by atoms with van der Waals surface area (Å²) in [6, 6.07) is 11.2. The second-order valence-corrected chi connectivity index (χ2v) is 6.81. The van der Waals surface area contributed by atoms with E-state index in [2.05, 4.69) is 11.8 Å². The second-order valence-electron chi connectivity index (χ2n) is 6.81. The van der Waals surface area contributed by atoms with Gasteiger partial charge in [0, 0.05) is 18.7 Å². The SMILES string of the molecule is CCCN1COc2ccc3c(=O)c(-c4ccccc4OC)c(C)oc3c2C1. The van der Waals surface area contributed by atoms with Gasteiger partial charge in [-0.05, 0) is 31.5 Å². The molecule has 0 bridgehead atoms. The van der Waals surface area contributed by atoms with E-state index in [0.717, 1.165) is 36.4 Å². The number of hydrogen-bond acceptors (Lipinski definition) is 5. The summed E-state index contributed by atoms with van der Waals surface area (Å²) in [6.45, 7) is 6.20. The Balaban J connectivity index is 1.93. The van der Waals surface area contributed by atoms with Gasteiger partial charge in [0.15, 0.2) is 0 Å². The predicted octanol–water partition coefficient (Wildman–Crippen LogP) is 4.34. The molecule has 1 aliphatic heterocycles. The van der Waals surface area contributed by atoms with E-state index >= 15 is 0 Å². The Morgan fingerprint density at radius 1 is 1.19 bits per heavy atom. The summed E-state index contributed by atoms with van der Waals surface area (Å²) in [5.74, 6) is 2.03. The van der Waals surface area contributed by atoms with Gasteiger partial charge in [-0.25, -0.2) is 0 Å². The van der Waals surface area contributed by atoms with Crippen molar-refractivity contribution in [2.75, 3.05) is 20.4 Å². The van der Waals surface area contributed by atoms with E-state index in [1.807, 2.05) is 37.3 Å². The van der Waals surface area contributed by atoms with Gasteiger partial charge in [-0.15, -0.1) is 0 Å². The molecule has 2 aromatic carbocycles. The summed E-state index contributed by atoms with van der Waals surface area (Å²) in [5.41, 5.74) is 2.80. The van der Waals surface area contributed by atoms with Crippen LogP contribution in [0.2, 0.25) is 0 Å². The zero-order valence-electron chi connectivity index (χ0n) is 15.9. The summed E-state index contributed by atoms with van der Waals surface area (Å²) < 4.78 is 17.5. The van der Waals surface area contributed by atoms with Crippen molar-refractivity contribution in [1.82, 2.24) is 4.90 Å². The van der Waals surface area contributed by atoms with E-state index in [1.165, 1.54) is 0 Å². The maximum atomic E-state index is 13.3. The zero-order valence-corrected chi connectivity index (χ0v) is 15.9. The fraction of sp³-hybridized carbons (Fsp3) is 0.318. The lowest BCUT2D eigenvalue weighted by atomic mass is 10.00. The normalized spacial score (nSPS) is 14.0. The predicted molar refractivity (Wildman–Crippen MR) is 105 cm³/mol. The molecule has 2 heterocycles. The number of benzene rings is 2. The van der Waals surface area contributed by atoms with Crippen LogP contribution in [-0.4, -0.2) is 25.3 Å². The maximum absolute atomic E-state index is 13.3. The molecule has 27 heavy (non-hydrogen) atoms. The minimum Gasteiger partial charge on any atom is -0.496 e. The summed E-state index contributed by atoms with van der Waals surface area (Å²) in [4.78, 5) is 15.6. The highest BCUT2D eigenvalue weighted by atomic mass is 16.5. The Morgan fingerprint density at radius 2 is 2.00 bits per heavy atom. The minimum absolute atomic E-state index is 0.0475. The minimum atomic E-state index is -0.0475. The molecule has 4 rings (SSSR count). The lowest BCUT2D eigenvalue weighted by molar-refractivity contribution is 0.0958. The van der Waals surface area contributed by atoms with Gasteiger partial charge in [0.1, 0.15) is 29.6 Å². The Labute approximate surface area is 158 Å². The molecule has 0 aliphatic carbocycles. The van der Waals surface area contributed by atoms with Crippen molar-refractivity contribution in [3.63, 3.8) is 0 Å². The number of rotatable bonds is 4. The Kier molecular flexibility index (Phi) is 4.62. The second kappa shape index (κ2) is 7.08. The third kappa shape index (κ3) is 2.98. The summed E-state index contributed by atoms with van der Waals surface area (Å²) in [7, 11) is 1.60. The first-order valence-corrected chi connectivity index (χ1v) is 9.21. The molecule has 0 radical (unpaired) electrons. The van der Waals surface area contributed by atoms with Crippen molar-refractivity contribution in [2.45, 2.75) is 26.8 Å². The van der Waals surface area contributed by atoms with E-state index < -0.39 is 0 Å². The quantitative estimate of drug-likeness (QED) is 0.688. The monoisotopic (exact) mass is 365 g/mol. The van der Waals surface area contributed by atoms with Crippen LogP contribution >= 0.6 is 0 Å². The fourth-order valence-electron chi connectivity index (χ4n) is 3.74. The molecular formula is C22H23NO4. The number of para-hydroxylation sites is 1. The van der Waals surface area contributed by atoms with Gasteiger partial charge in [0.25, 0.3) is 0 Å². The van der Waals surface area contributed by atoms with Crippen LogP contribution in [0.3, 0.4) is 0 Å². The van der Waals surface area contributed by atoms with E-state index in [1.54, 1.807) is 13.2 Å². The smallest absolute Gasteiger partial charge is 0.200 e. The molecule has 140 valence electrons. The molecule has 0 amide bonds. The van der Waals surface area contributed by atoms with Crippen LogP contribution in [0, 0.1) is 6.92 Å². The average Bonchev–Trinajstić information content (AvgIpc) is 2.68. The molecule has 5 nitrogen and oxygen atoms in total. The summed E-state index contributed by atoms with van der Waals surface area (Å²) in [5, 5.41) is 0.571. The molecule has 0 atom stereocenters. The molecule has 5 heteroatoms. The van der Waals surface area contributed by atoms with Crippen molar-refractivity contribution < 1.29 is 13.9 Å². The maximum Gasteiger partial charge on any atom is 0.200 e. The number of ether oxygens (including phenoxy) is 2. The van der Waals surface area contributed by atoms with Crippen LogP contribution in [0.4, 0.5) is 0 Å². The molecule has 0 saturated carbocycles.